The van der Waals surface area contributed by atoms with E-state index in [0.717, 1.165) is 23.6 Å². The summed E-state index contributed by atoms with van der Waals surface area (Å²) in [5.41, 5.74) is 3.71. The lowest BCUT2D eigenvalue weighted by Crippen LogP contribution is -2.48. The molecule has 4 rings (SSSR count). The average molecular weight is 525 g/mol. The average Bonchev–Trinajstić information content (AvgIpc) is 3.36. The van der Waals surface area contributed by atoms with Crippen LogP contribution in [-0.2, 0) is 30.6 Å². The van der Waals surface area contributed by atoms with Crippen molar-refractivity contribution in [2.45, 2.75) is 57.7 Å². The third-order valence-electron chi connectivity index (χ3n) is 6.58. The number of ether oxygens (including phenoxy) is 2. The lowest BCUT2D eigenvalue weighted by Gasteiger charge is -2.25. The second kappa shape index (κ2) is 13.3. The molecule has 6 nitrogen and oxygen atoms in total. The summed E-state index contributed by atoms with van der Waals surface area (Å²) in [6.07, 6.45) is 1.57. The first-order valence-corrected chi connectivity index (χ1v) is 13.0. The molecule has 0 unspecified atom stereocenters. The standard InChI is InChI=1S/C30H34F2N2O4/c1-2-20-5-3-7-22(11-20)17-33-18-27(35)26(14-23-12-24(31)16-25(32)13-23)34-30(36)8-4-6-21-9-10-28-29(15-21)38-19-37-28/h3,5,7,9-13,15-16,26-27,33,35H,2,4,6,8,14,17-19H2,1H3,(H,34,36)/t26-,27+/m0/s1. The summed E-state index contributed by atoms with van der Waals surface area (Å²) in [6.45, 7) is 3.06. The number of carbonyl (C=O) groups excluding carboxylic acids is 1. The molecule has 0 aromatic heterocycles. The van der Waals surface area contributed by atoms with Crippen LogP contribution in [0.1, 0.15) is 42.0 Å². The summed E-state index contributed by atoms with van der Waals surface area (Å²) in [5.74, 6) is -0.216. The molecular formula is C30H34F2N2O4. The number of aliphatic hydroxyl groups excluding tert-OH is 1. The van der Waals surface area contributed by atoms with E-state index in [0.29, 0.717) is 36.4 Å². The van der Waals surface area contributed by atoms with Gasteiger partial charge in [0.15, 0.2) is 11.5 Å². The molecular weight excluding hydrogens is 490 g/mol. The molecule has 3 aromatic rings. The molecule has 0 bridgehead atoms. The fourth-order valence-corrected chi connectivity index (χ4v) is 4.56. The van der Waals surface area contributed by atoms with E-state index >= 15 is 0 Å². The summed E-state index contributed by atoms with van der Waals surface area (Å²) in [5, 5.41) is 17.0. The van der Waals surface area contributed by atoms with E-state index in [4.69, 9.17) is 9.47 Å². The van der Waals surface area contributed by atoms with E-state index in [9.17, 15) is 18.7 Å². The quantitative estimate of drug-likeness (QED) is 0.308. The molecule has 0 saturated heterocycles. The molecule has 1 amide bonds. The summed E-state index contributed by atoms with van der Waals surface area (Å²) >= 11 is 0. The lowest BCUT2D eigenvalue weighted by molar-refractivity contribution is -0.122. The number of carbonyl (C=O) groups is 1. The van der Waals surface area contributed by atoms with Gasteiger partial charge >= 0.3 is 0 Å². The Labute approximate surface area is 222 Å². The predicted molar refractivity (Wildman–Crippen MR) is 141 cm³/mol. The highest BCUT2D eigenvalue weighted by Gasteiger charge is 2.22. The molecule has 1 aliphatic rings. The van der Waals surface area contributed by atoms with Gasteiger partial charge in [0.05, 0.1) is 12.1 Å². The number of benzene rings is 3. The molecule has 1 heterocycles. The van der Waals surface area contributed by atoms with E-state index in [2.05, 4.69) is 29.7 Å². The Morgan fingerprint density at radius 1 is 0.947 bits per heavy atom. The van der Waals surface area contributed by atoms with Crippen LogP contribution >= 0.6 is 0 Å². The molecule has 0 spiro atoms. The first-order chi connectivity index (χ1) is 18.4. The van der Waals surface area contributed by atoms with Crippen molar-refractivity contribution in [1.82, 2.24) is 10.6 Å². The molecule has 3 N–H and O–H groups in total. The zero-order valence-electron chi connectivity index (χ0n) is 21.5. The van der Waals surface area contributed by atoms with Crippen LogP contribution in [0.4, 0.5) is 8.78 Å². The van der Waals surface area contributed by atoms with Crippen LogP contribution in [0, 0.1) is 11.6 Å². The number of amides is 1. The smallest absolute Gasteiger partial charge is 0.231 e. The van der Waals surface area contributed by atoms with Crippen molar-refractivity contribution >= 4 is 5.91 Å². The molecule has 202 valence electrons. The van der Waals surface area contributed by atoms with Crippen LogP contribution in [-0.4, -0.2) is 36.5 Å². The third kappa shape index (κ3) is 8.00. The minimum Gasteiger partial charge on any atom is -0.454 e. The van der Waals surface area contributed by atoms with Gasteiger partial charge in [-0.05, 0) is 72.2 Å². The molecule has 0 aliphatic carbocycles. The normalized spacial score (nSPS) is 13.8. The Morgan fingerprint density at radius 3 is 2.50 bits per heavy atom. The van der Waals surface area contributed by atoms with Gasteiger partial charge in [0.25, 0.3) is 0 Å². The van der Waals surface area contributed by atoms with E-state index < -0.39 is 23.8 Å². The van der Waals surface area contributed by atoms with Crippen molar-refractivity contribution in [2.24, 2.45) is 0 Å². The summed E-state index contributed by atoms with van der Waals surface area (Å²) in [7, 11) is 0. The van der Waals surface area contributed by atoms with Crippen LogP contribution in [0.25, 0.3) is 0 Å². The molecule has 0 saturated carbocycles. The Bertz CT molecular complexity index is 1220. The first-order valence-electron chi connectivity index (χ1n) is 13.0. The number of aryl methyl sites for hydroxylation is 2. The maximum Gasteiger partial charge on any atom is 0.231 e. The van der Waals surface area contributed by atoms with Crippen molar-refractivity contribution in [3.05, 3.63) is 94.6 Å². The van der Waals surface area contributed by atoms with Crippen LogP contribution in [0.3, 0.4) is 0 Å². The van der Waals surface area contributed by atoms with Crippen molar-refractivity contribution in [3.8, 4) is 11.5 Å². The highest BCUT2D eigenvalue weighted by molar-refractivity contribution is 5.76. The highest BCUT2D eigenvalue weighted by Crippen LogP contribution is 2.32. The number of nitrogens with one attached hydrogen (secondary N) is 2. The van der Waals surface area contributed by atoms with Gasteiger partial charge in [0, 0.05) is 25.6 Å². The molecule has 1 aliphatic heterocycles. The maximum absolute atomic E-state index is 13.8. The van der Waals surface area contributed by atoms with E-state index in [1.807, 2.05) is 30.3 Å². The van der Waals surface area contributed by atoms with Crippen LogP contribution in [0.15, 0.2) is 60.7 Å². The Kier molecular flexibility index (Phi) is 9.67. The molecule has 8 heteroatoms. The van der Waals surface area contributed by atoms with Crippen LogP contribution < -0.4 is 20.1 Å². The summed E-state index contributed by atoms with van der Waals surface area (Å²) in [4.78, 5) is 12.8. The van der Waals surface area contributed by atoms with Gasteiger partial charge in [0.2, 0.25) is 12.7 Å². The monoisotopic (exact) mass is 524 g/mol. The van der Waals surface area contributed by atoms with Crippen LogP contribution in [0.5, 0.6) is 11.5 Å². The van der Waals surface area contributed by atoms with Gasteiger partial charge in [-0.25, -0.2) is 8.78 Å². The molecule has 0 fully saturated rings. The van der Waals surface area contributed by atoms with Gasteiger partial charge in [0.1, 0.15) is 11.6 Å². The first kappa shape index (κ1) is 27.5. The highest BCUT2D eigenvalue weighted by atomic mass is 19.1. The van der Waals surface area contributed by atoms with Crippen molar-refractivity contribution in [3.63, 3.8) is 0 Å². The Hall–Kier alpha value is -3.49. The summed E-state index contributed by atoms with van der Waals surface area (Å²) in [6, 6.07) is 16.4. The Morgan fingerprint density at radius 2 is 1.71 bits per heavy atom. The van der Waals surface area contributed by atoms with E-state index in [1.165, 1.54) is 17.7 Å². The minimum absolute atomic E-state index is 0.0940. The van der Waals surface area contributed by atoms with Gasteiger partial charge < -0.3 is 25.2 Å². The zero-order chi connectivity index (χ0) is 26.9. The molecule has 0 radical (unpaired) electrons. The zero-order valence-corrected chi connectivity index (χ0v) is 21.5. The number of aliphatic hydroxyl groups is 1. The number of rotatable bonds is 13. The third-order valence-corrected chi connectivity index (χ3v) is 6.58. The maximum atomic E-state index is 13.8. The van der Waals surface area contributed by atoms with Crippen molar-refractivity contribution in [1.29, 1.82) is 0 Å². The largest absolute Gasteiger partial charge is 0.454 e. The second-order valence-electron chi connectivity index (χ2n) is 9.57. The second-order valence-corrected chi connectivity index (χ2v) is 9.57. The topological polar surface area (TPSA) is 79.8 Å². The minimum atomic E-state index is -0.964. The van der Waals surface area contributed by atoms with E-state index in [-0.39, 0.29) is 32.1 Å². The number of hydrogen-bond acceptors (Lipinski definition) is 5. The van der Waals surface area contributed by atoms with Crippen molar-refractivity contribution in [2.75, 3.05) is 13.3 Å². The molecule has 2 atom stereocenters. The van der Waals surface area contributed by atoms with Crippen LogP contribution in [0.2, 0.25) is 0 Å². The summed E-state index contributed by atoms with van der Waals surface area (Å²) < 4.78 is 38.3. The number of hydrogen-bond donors (Lipinski definition) is 3. The fraction of sp³-hybridized carbons (Fsp3) is 0.367. The number of halogens is 2. The molecule has 38 heavy (non-hydrogen) atoms. The van der Waals surface area contributed by atoms with Crippen molar-refractivity contribution < 1.29 is 28.2 Å². The fourth-order valence-electron chi connectivity index (χ4n) is 4.56. The van der Waals surface area contributed by atoms with Gasteiger partial charge in [-0.15, -0.1) is 0 Å². The molecule has 3 aromatic carbocycles. The van der Waals surface area contributed by atoms with Gasteiger partial charge in [-0.3, -0.25) is 4.79 Å². The SMILES string of the molecule is CCc1cccc(CNC[C@@H](O)[C@H](Cc2cc(F)cc(F)c2)NC(=O)CCCc2ccc3c(c2)OCO3)c1. The van der Waals surface area contributed by atoms with E-state index in [1.54, 1.807) is 0 Å². The van der Waals surface area contributed by atoms with Gasteiger partial charge in [-0.1, -0.05) is 37.3 Å². The predicted octanol–water partition coefficient (Wildman–Crippen LogP) is 4.46. The lowest BCUT2D eigenvalue weighted by atomic mass is 10.00. The van der Waals surface area contributed by atoms with Gasteiger partial charge in [-0.2, -0.15) is 0 Å². The number of fused-ring (bicyclic) bond motifs is 1. The Balaban J connectivity index is 1.33.